The standard InChI is InChI=1S/C57H98O6/c1-4-7-10-13-16-19-22-25-28-30-32-35-38-41-44-47-50-56(59)62-53-54(52-61-55(58)49-46-43-40-37-34-31-27-24-21-18-15-12-9-6-3)63-57(60)51-48-45-42-39-36-33-29-26-23-20-17-14-11-8-5-2/h7,9-10,12,16,18-19,21,25,27-28,31,54H,4-6,8,11,13-15,17,20,22-24,26,29-30,32-53H2,1-3H3/b10-7-,12-9-,19-16-,21-18-,28-25-,31-27-. The first-order chi connectivity index (χ1) is 31.0. The summed E-state index contributed by atoms with van der Waals surface area (Å²) < 4.78 is 16.8. The van der Waals surface area contributed by atoms with Gasteiger partial charge in [-0.2, -0.15) is 0 Å². The van der Waals surface area contributed by atoms with Gasteiger partial charge in [0.1, 0.15) is 13.2 Å². The minimum absolute atomic E-state index is 0.0882. The zero-order chi connectivity index (χ0) is 45.8. The average Bonchev–Trinajstić information content (AvgIpc) is 3.28. The highest BCUT2D eigenvalue weighted by atomic mass is 16.6. The summed E-state index contributed by atoms with van der Waals surface area (Å²) in [5, 5.41) is 0. The largest absolute Gasteiger partial charge is 0.462 e. The number of esters is 3. The Morgan fingerprint density at radius 2 is 0.619 bits per heavy atom. The van der Waals surface area contributed by atoms with Gasteiger partial charge in [0.15, 0.2) is 6.10 Å². The van der Waals surface area contributed by atoms with Gasteiger partial charge in [-0.3, -0.25) is 14.4 Å². The summed E-state index contributed by atoms with van der Waals surface area (Å²) in [6.07, 6.45) is 64.5. The van der Waals surface area contributed by atoms with E-state index in [9.17, 15) is 14.4 Å². The van der Waals surface area contributed by atoms with Crippen LogP contribution in [-0.4, -0.2) is 37.2 Å². The molecule has 0 aliphatic rings. The van der Waals surface area contributed by atoms with Crippen molar-refractivity contribution in [2.45, 2.75) is 258 Å². The van der Waals surface area contributed by atoms with Crippen LogP contribution < -0.4 is 0 Å². The van der Waals surface area contributed by atoms with Crippen LogP contribution in [0.3, 0.4) is 0 Å². The lowest BCUT2D eigenvalue weighted by Gasteiger charge is -2.18. The lowest BCUT2D eigenvalue weighted by atomic mass is 10.0. The zero-order valence-electron chi connectivity index (χ0n) is 41.3. The highest BCUT2D eigenvalue weighted by Gasteiger charge is 2.19. The van der Waals surface area contributed by atoms with E-state index in [0.717, 1.165) is 116 Å². The summed E-state index contributed by atoms with van der Waals surface area (Å²) in [4.78, 5) is 38.0. The van der Waals surface area contributed by atoms with Crippen LogP contribution in [0.5, 0.6) is 0 Å². The molecule has 0 spiro atoms. The number of carbonyl (C=O) groups excluding carboxylic acids is 3. The fourth-order valence-corrected chi connectivity index (χ4v) is 7.29. The summed E-state index contributed by atoms with van der Waals surface area (Å²) in [6.45, 7) is 6.40. The summed E-state index contributed by atoms with van der Waals surface area (Å²) in [6, 6.07) is 0. The van der Waals surface area contributed by atoms with Gasteiger partial charge < -0.3 is 14.2 Å². The summed E-state index contributed by atoms with van der Waals surface area (Å²) in [5.74, 6) is -0.917. The zero-order valence-corrected chi connectivity index (χ0v) is 41.3. The van der Waals surface area contributed by atoms with Crippen molar-refractivity contribution < 1.29 is 28.6 Å². The summed E-state index contributed by atoms with van der Waals surface area (Å²) in [7, 11) is 0. The molecular formula is C57H98O6. The van der Waals surface area contributed by atoms with Gasteiger partial charge in [-0.05, 0) is 83.5 Å². The van der Waals surface area contributed by atoms with Gasteiger partial charge in [-0.1, -0.05) is 222 Å². The smallest absolute Gasteiger partial charge is 0.306 e. The molecular weight excluding hydrogens is 781 g/mol. The van der Waals surface area contributed by atoms with Crippen LogP contribution in [0.1, 0.15) is 252 Å². The molecule has 0 heterocycles. The maximum atomic E-state index is 12.8. The number of carbonyl (C=O) groups is 3. The SMILES string of the molecule is CC/C=C\C/C=C\C/C=C\CCCCCCCCC(=O)OCC(COC(=O)CCCCCC/C=C\C/C=C\C/C=C\CC)OC(=O)CCCCCCCCCCCCCCCCC. The Morgan fingerprint density at radius 3 is 0.968 bits per heavy atom. The lowest BCUT2D eigenvalue weighted by molar-refractivity contribution is -0.167. The van der Waals surface area contributed by atoms with Crippen molar-refractivity contribution in [3.8, 4) is 0 Å². The molecule has 0 saturated heterocycles. The van der Waals surface area contributed by atoms with Gasteiger partial charge in [0.05, 0.1) is 0 Å². The second kappa shape index (κ2) is 51.5. The summed E-state index contributed by atoms with van der Waals surface area (Å²) >= 11 is 0. The molecule has 0 amide bonds. The van der Waals surface area contributed by atoms with Crippen LogP contribution in [0.4, 0.5) is 0 Å². The molecule has 0 bridgehead atoms. The van der Waals surface area contributed by atoms with Crippen molar-refractivity contribution in [1.82, 2.24) is 0 Å². The normalized spacial score (nSPS) is 12.6. The number of hydrogen-bond donors (Lipinski definition) is 0. The van der Waals surface area contributed by atoms with Crippen LogP contribution in [0.15, 0.2) is 72.9 Å². The first-order valence-electron chi connectivity index (χ1n) is 26.4. The third-order valence-corrected chi connectivity index (χ3v) is 11.2. The first-order valence-corrected chi connectivity index (χ1v) is 26.4. The van der Waals surface area contributed by atoms with Crippen molar-refractivity contribution in [2.75, 3.05) is 13.2 Å². The Balaban J connectivity index is 4.42. The molecule has 362 valence electrons. The van der Waals surface area contributed by atoms with E-state index >= 15 is 0 Å². The Kier molecular flexibility index (Phi) is 48.9. The third-order valence-electron chi connectivity index (χ3n) is 11.2. The van der Waals surface area contributed by atoms with Crippen molar-refractivity contribution in [3.63, 3.8) is 0 Å². The topological polar surface area (TPSA) is 78.9 Å². The van der Waals surface area contributed by atoms with Gasteiger partial charge in [0.2, 0.25) is 0 Å². The quantitative estimate of drug-likeness (QED) is 0.0262. The molecule has 0 aromatic carbocycles. The van der Waals surface area contributed by atoms with Gasteiger partial charge in [-0.15, -0.1) is 0 Å². The molecule has 6 heteroatoms. The Labute approximate surface area is 389 Å². The minimum Gasteiger partial charge on any atom is -0.462 e. The van der Waals surface area contributed by atoms with E-state index < -0.39 is 6.10 Å². The molecule has 6 nitrogen and oxygen atoms in total. The van der Waals surface area contributed by atoms with Gasteiger partial charge in [0.25, 0.3) is 0 Å². The number of hydrogen-bond acceptors (Lipinski definition) is 6. The molecule has 0 fully saturated rings. The fourth-order valence-electron chi connectivity index (χ4n) is 7.29. The van der Waals surface area contributed by atoms with Crippen LogP contribution in [0, 0.1) is 0 Å². The lowest BCUT2D eigenvalue weighted by Crippen LogP contribution is -2.30. The molecule has 1 atom stereocenters. The van der Waals surface area contributed by atoms with E-state index in [0.29, 0.717) is 19.3 Å². The second-order valence-corrected chi connectivity index (χ2v) is 17.4. The van der Waals surface area contributed by atoms with E-state index in [1.54, 1.807) is 0 Å². The van der Waals surface area contributed by atoms with Crippen molar-refractivity contribution in [2.24, 2.45) is 0 Å². The second-order valence-electron chi connectivity index (χ2n) is 17.4. The van der Waals surface area contributed by atoms with Crippen molar-refractivity contribution in [3.05, 3.63) is 72.9 Å². The van der Waals surface area contributed by atoms with Crippen LogP contribution in [0.2, 0.25) is 0 Å². The molecule has 0 rings (SSSR count). The van der Waals surface area contributed by atoms with Crippen LogP contribution >= 0.6 is 0 Å². The average molecular weight is 879 g/mol. The fraction of sp³-hybridized carbons (Fsp3) is 0.737. The minimum atomic E-state index is -0.788. The number of allylic oxidation sites excluding steroid dienone is 12. The predicted molar refractivity (Wildman–Crippen MR) is 270 cm³/mol. The number of rotatable bonds is 47. The van der Waals surface area contributed by atoms with Crippen molar-refractivity contribution in [1.29, 1.82) is 0 Å². The van der Waals surface area contributed by atoms with Gasteiger partial charge in [-0.25, -0.2) is 0 Å². The predicted octanol–water partition coefficient (Wildman–Crippen LogP) is 17.4. The Hall–Kier alpha value is -3.15. The van der Waals surface area contributed by atoms with E-state index in [1.807, 2.05) is 0 Å². The van der Waals surface area contributed by atoms with Crippen LogP contribution in [0.25, 0.3) is 0 Å². The maximum Gasteiger partial charge on any atom is 0.306 e. The molecule has 0 aliphatic carbocycles. The highest BCUT2D eigenvalue weighted by molar-refractivity contribution is 5.71. The molecule has 63 heavy (non-hydrogen) atoms. The number of ether oxygens (including phenoxy) is 3. The molecule has 0 N–H and O–H groups in total. The Bertz CT molecular complexity index is 1190. The monoisotopic (exact) mass is 879 g/mol. The maximum absolute atomic E-state index is 12.8. The molecule has 1 unspecified atom stereocenters. The van der Waals surface area contributed by atoms with E-state index in [1.165, 1.54) is 96.3 Å². The Morgan fingerprint density at radius 1 is 0.333 bits per heavy atom. The van der Waals surface area contributed by atoms with E-state index in [4.69, 9.17) is 14.2 Å². The highest BCUT2D eigenvalue weighted by Crippen LogP contribution is 2.15. The molecule has 0 aliphatic heterocycles. The molecule has 0 saturated carbocycles. The van der Waals surface area contributed by atoms with E-state index in [2.05, 4.69) is 93.7 Å². The van der Waals surface area contributed by atoms with Gasteiger partial charge in [0, 0.05) is 19.3 Å². The van der Waals surface area contributed by atoms with Crippen molar-refractivity contribution >= 4 is 17.9 Å². The van der Waals surface area contributed by atoms with Gasteiger partial charge >= 0.3 is 17.9 Å². The van der Waals surface area contributed by atoms with Crippen LogP contribution in [-0.2, 0) is 28.6 Å². The molecule has 0 aromatic rings. The molecule has 0 radical (unpaired) electrons. The summed E-state index contributed by atoms with van der Waals surface area (Å²) in [5.41, 5.74) is 0. The number of unbranched alkanes of at least 4 members (excludes halogenated alkanes) is 24. The third kappa shape index (κ3) is 49.7. The van der Waals surface area contributed by atoms with E-state index in [-0.39, 0.29) is 31.1 Å². The first kappa shape index (κ1) is 59.9. The molecule has 0 aromatic heterocycles.